The lowest BCUT2D eigenvalue weighted by atomic mass is 10.2. The van der Waals surface area contributed by atoms with Crippen LogP contribution in [0.4, 0.5) is 0 Å². The first kappa shape index (κ1) is 21.1. The van der Waals surface area contributed by atoms with Crippen LogP contribution in [0.5, 0.6) is 0 Å². The summed E-state index contributed by atoms with van der Waals surface area (Å²) in [4.78, 5) is 24.1. The third-order valence-electron chi connectivity index (χ3n) is 5.43. The molecule has 0 N–H and O–H groups in total. The SMILES string of the molecule is Cc1sc2ncnc(SCC(=O)c3cc(C)n(Cc4ccccc4Cl)c3C)c2c1C. The number of aryl methyl sites for hydroxylation is 3. The molecule has 4 rings (SSSR count). The number of hydrogen-bond donors (Lipinski definition) is 0. The lowest BCUT2D eigenvalue weighted by Gasteiger charge is -2.11. The number of aromatic nitrogens is 3. The van der Waals surface area contributed by atoms with E-state index in [9.17, 15) is 4.79 Å². The zero-order valence-electron chi connectivity index (χ0n) is 17.3. The Kier molecular flexibility index (Phi) is 6.00. The first-order chi connectivity index (χ1) is 14.4. The van der Waals surface area contributed by atoms with Gasteiger partial charge in [-0.25, -0.2) is 9.97 Å². The summed E-state index contributed by atoms with van der Waals surface area (Å²) in [6.07, 6.45) is 1.58. The second-order valence-electron chi connectivity index (χ2n) is 7.32. The summed E-state index contributed by atoms with van der Waals surface area (Å²) in [6, 6.07) is 9.79. The van der Waals surface area contributed by atoms with Gasteiger partial charge in [-0.3, -0.25) is 4.79 Å². The van der Waals surface area contributed by atoms with Crippen molar-refractivity contribution in [3.8, 4) is 0 Å². The molecule has 0 atom stereocenters. The number of carbonyl (C=O) groups excluding carboxylic acids is 1. The number of halogens is 1. The van der Waals surface area contributed by atoms with Gasteiger partial charge in [0.1, 0.15) is 16.2 Å². The van der Waals surface area contributed by atoms with E-state index in [0.29, 0.717) is 12.3 Å². The summed E-state index contributed by atoms with van der Waals surface area (Å²) >= 11 is 9.49. The summed E-state index contributed by atoms with van der Waals surface area (Å²) < 4.78 is 2.15. The molecular weight excluding hydrogens is 434 g/mol. The van der Waals surface area contributed by atoms with Crippen molar-refractivity contribution in [2.75, 3.05) is 5.75 Å². The van der Waals surface area contributed by atoms with E-state index < -0.39 is 0 Å². The second-order valence-corrected chi connectivity index (χ2v) is 9.89. The van der Waals surface area contributed by atoms with Gasteiger partial charge in [0.05, 0.1) is 5.75 Å². The van der Waals surface area contributed by atoms with Gasteiger partial charge in [0.25, 0.3) is 0 Å². The van der Waals surface area contributed by atoms with E-state index in [1.54, 1.807) is 17.7 Å². The van der Waals surface area contributed by atoms with Crippen LogP contribution in [0, 0.1) is 27.7 Å². The van der Waals surface area contributed by atoms with Crippen LogP contribution in [0.1, 0.15) is 37.7 Å². The predicted octanol–water partition coefficient (Wildman–Crippen LogP) is 6.40. The van der Waals surface area contributed by atoms with Crippen molar-refractivity contribution in [3.05, 3.63) is 74.6 Å². The molecular formula is C23H22ClN3OS2. The van der Waals surface area contributed by atoms with Crippen LogP contribution in [-0.2, 0) is 6.54 Å². The maximum Gasteiger partial charge on any atom is 0.174 e. The van der Waals surface area contributed by atoms with Crippen LogP contribution in [0.15, 0.2) is 41.7 Å². The van der Waals surface area contributed by atoms with Crippen LogP contribution in [0.3, 0.4) is 0 Å². The Hall–Kier alpha value is -2.15. The maximum absolute atomic E-state index is 13.0. The van der Waals surface area contributed by atoms with Crippen LogP contribution < -0.4 is 0 Å². The van der Waals surface area contributed by atoms with E-state index in [4.69, 9.17) is 11.6 Å². The van der Waals surface area contributed by atoms with Crippen LogP contribution >= 0.6 is 34.7 Å². The predicted molar refractivity (Wildman–Crippen MR) is 126 cm³/mol. The number of carbonyl (C=O) groups is 1. The summed E-state index contributed by atoms with van der Waals surface area (Å²) in [5.41, 5.74) is 5.02. The molecule has 0 aliphatic heterocycles. The monoisotopic (exact) mass is 455 g/mol. The third-order valence-corrected chi connectivity index (χ3v) is 7.90. The fourth-order valence-electron chi connectivity index (χ4n) is 3.59. The molecule has 4 nitrogen and oxygen atoms in total. The molecule has 0 saturated carbocycles. The molecule has 30 heavy (non-hydrogen) atoms. The van der Waals surface area contributed by atoms with Gasteiger partial charge in [-0.15, -0.1) is 11.3 Å². The Morgan fingerprint density at radius 1 is 1.17 bits per heavy atom. The molecule has 0 amide bonds. The molecule has 0 saturated heterocycles. The molecule has 0 radical (unpaired) electrons. The van der Waals surface area contributed by atoms with E-state index >= 15 is 0 Å². The Balaban J connectivity index is 1.56. The molecule has 0 spiro atoms. The topological polar surface area (TPSA) is 47.8 Å². The highest BCUT2D eigenvalue weighted by Gasteiger charge is 2.18. The van der Waals surface area contributed by atoms with Gasteiger partial charge >= 0.3 is 0 Å². The summed E-state index contributed by atoms with van der Waals surface area (Å²) in [5, 5.41) is 2.68. The number of Topliss-reactive ketones (excluding diaryl/α,β-unsaturated/α-hetero) is 1. The Labute approximate surface area is 189 Å². The number of thioether (sulfide) groups is 1. The van der Waals surface area contributed by atoms with E-state index in [1.807, 2.05) is 44.2 Å². The minimum absolute atomic E-state index is 0.106. The molecule has 0 bridgehead atoms. The number of benzene rings is 1. The normalized spacial score (nSPS) is 11.4. The lowest BCUT2D eigenvalue weighted by Crippen LogP contribution is -2.08. The van der Waals surface area contributed by atoms with Crippen molar-refractivity contribution in [2.45, 2.75) is 39.3 Å². The van der Waals surface area contributed by atoms with Crippen molar-refractivity contribution in [3.63, 3.8) is 0 Å². The highest BCUT2D eigenvalue weighted by atomic mass is 35.5. The van der Waals surface area contributed by atoms with Crippen molar-refractivity contribution in [1.82, 2.24) is 14.5 Å². The highest BCUT2D eigenvalue weighted by molar-refractivity contribution is 8.00. The minimum Gasteiger partial charge on any atom is -0.344 e. The quantitative estimate of drug-likeness (QED) is 0.191. The minimum atomic E-state index is 0.106. The largest absolute Gasteiger partial charge is 0.344 e. The van der Waals surface area contributed by atoms with Crippen molar-refractivity contribution in [2.24, 2.45) is 0 Å². The standard InChI is InChI=1S/C23H22ClN3OS2/c1-13-9-18(15(3)27(13)10-17-7-5-6-8-19(17)24)20(28)11-29-22-21-14(2)16(4)30-23(21)26-12-25-22/h5-9,12H,10-11H2,1-4H3. The van der Waals surface area contributed by atoms with Gasteiger partial charge in [0.15, 0.2) is 5.78 Å². The van der Waals surface area contributed by atoms with E-state index in [-0.39, 0.29) is 5.78 Å². The molecule has 3 aromatic heterocycles. The Morgan fingerprint density at radius 3 is 2.70 bits per heavy atom. The lowest BCUT2D eigenvalue weighted by molar-refractivity contribution is 0.102. The van der Waals surface area contributed by atoms with Gasteiger partial charge in [-0.1, -0.05) is 41.6 Å². The smallest absolute Gasteiger partial charge is 0.174 e. The van der Waals surface area contributed by atoms with Crippen molar-refractivity contribution < 1.29 is 4.79 Å². The summed E-state index contributed by atoms with van der Waals surface area (Å²) in [5.74, 6) is 0.450. The van der Waals surface area contributed by atoms with Gasteiger partial charge < -0.3 is 4.57 Å². The number of fused-ring (bicyclic) bond motifs is 1. The van der Waals surface area contributed by atoms with Gasteiger partial charge in [0, 0.05) is 38.8 Å². The molecule has 154 valence electrons. The number of ketones is 1. The number of thiophene rings is 1. The first-order valence-corrected chi connectivity index (χ1v) is 11.8. The molecule has 0 unspecified atom stereocenters. The molecule has 7 heteroatoms. The van der Waals surface area contributed by atoms with Crippen LogP contribution in [0.2, 0.25) is 5.02 Å². The second kappa shape index (κ2) is 8.53. The Bertz CT molecular complexity index is 1260. The van der Waals surface area contributed by atoms with E-state index in [0.717, 1.165) is 42.8 Å². The average Bonchev–Trinajstić information content (AvgIpc) is 3.18. The van der Waals surface area contributed by atoms with Gasteiger partial charge in [0.2, 0.25) is 0 Å². The molecule has 3 heterocycles. The average molecular weight is 456 g/mol. The third kappa shape index (κ3) is 3.92. The van der Waals surface area contributed by atoms with Gasteiger partial charge in [-0.2, -0.15) is 0 Å². The Morgan fingerprint density at radius 2 is 1.93 bits per heavy atom. The molecule has 1 aromatic carbocycles. The molecule has 0 fully saturated rings. The zero-order valence-corrected chi connectivity index (χ0v) is 19.7. The summed E-state index contributed by atoms with van der Waals surface area (Å²) in [6.45, 7) is 8.86. The zero-order chi connectivity index (χ0) is 21.4. The summed E-state index contributed by atoms with van der Waals surface area (Å²) in [7, 11) is 0. The fraction of sp³-hybridized carbons (Fsp3) is 0.261. The van der Waals surface area contributed by atoms with Crippen molar-refractivity contribution in [1.29, 1.82) is 0 Å². The first-order valence-electron chi connectivity index (χ1n) is 9.63. The fourth-order valence-corrected chi connectivity index (χ4v) is 5.79. The van der Waals surface area contributed by atoms with E-state index in [1.165, 1.54) is 22.2 Å². The van der Waals surface area contributed by atoms with Crippen molar-refractivity contribution >= 4 is 50.7 Å². The van der Waals surface area contributed by atoms with Gasteiger partial charge in [-0.05, 0) is 51.0 Å². The maximum atomic E-state index is 13.0. The molecule has 0 aliphatic rings. The highest BCUT2D eigenvalue weighted by Crippen LogP contribution is 2.34. The number of nitrogens with zero attached hydrogens (tertiary/aromatic N) is 3. The van der Waals surface area contributed by atoms with Crippen LogP contribution in [-0.4, -0.2) is 26.1 Å². The van der Waals surface area contributed by atoms with Crippen LogP contribution in [0.25, 0.3) is 10.2 Å². The molecule has 0 aliphatic carbocycles. The number of hydrogen-bond acceptors (Lipinski definition) is 5. The number of rotatable bonds is 6. The molecule has 4 aromatic rings. The van der Waals surface area contributed by atoms with E-state index in [2.05, 4.69) is 28.4 Å².